The van der Waals surface area contributed by atoms with E-state index in [0.717, 1.165) is 18.4 Å². The maximum atomic E-state index is 12.2. The third-order valence-electron chi connectivity index (χ3n) is 4.47. The molecule has 0 radical (unpaired) electrons. The number of carbonyl (C=O) groups is 2. The summed E-state index contributed by atoms with van der Waals surface area (Å²) in [5.41, 5.74) is 2.34. The molecule has 0 aliphatic rings. The summed E-state index contributed by atoms with van der Waals surface area (Å²) in [6, 6.07) is 20.1. The van der Waals surface area contributed by atoms with Crippen molar-refractivity contribution < 1.29 is 9.59 Å². The van der Waals surface area contributed by atoms with Crippen LogP contribution in [-0.2, 0) is 16.0 Å². The number of nitrogens with one attached hydrogen (secondary N) is 1. The van der Waals surface area contributed by atoms with Crippen LogP contribution in [0.3, 0.4) is 0 Å². The number of hydrogen-bond donors (Lipinski definition) is 1. The van der Waals surface area contributed by atoms with Crippen LogP contribution in [0, 0.1) is 0 Å². The van der Waals surface area contributed by atoms with Gasteiger partial charge in [0.05, 0.1) is 6.04 Å². The molecule has 138 valence electrons. The molecule has 2 aromatic rings. The Bertz CT molecular complexity index is 686. The molecule has 0 saturated heterocycles. The lowest BCUT2D eigenvalue weighted by Gasteiger charge is -2.21. The molecule has 2 rings (SSSR count). The van der Waals surface area contributed by atoms with E-state index in [1.807, 2.05) is 55.5 Å². The highest BCUT2D eigenvalue weighted by Gasteiger charge is 2.13. The van der Waals surface area contributed by atoms with Crippen LogP contribution in [0.25, 0.3) is 0 Å². The number of benzene rings is 2. The first-order chi connectivity index (χ1) is 12.6. The summed E-state index contributed by atoms with van der Waals surface area (Å²) in [4.78, 5) is 25.8. The molecule has 2 amide bonds. The van der Waals surface area contributed by atoms with Crippen molar-refractivity contribution in [2.24, 2.45) is 0 Å². The van der Waals surface area contributed by atoms with Crippen LogP contribution >= 0.6 is 0 Å². The molecule has 0 fully saturated rings. The molecule has 0 aromatic heterocycles. The average Bonchev–Trinajstić information content (AvgIpc) is 2.65. The SMILES string of the molecule is CC(=O)N(CCCc1ccccc1)CCC(=O)NC(C)c1ccccc1. The van der Waals surface area contributed by atoms with E-state index >= 15 is 0 Å². The molecule has 26 heavy (non-hydrogen) atoms. The highest BCUT2D eigenvalue weighted by Crippen LogP contribution is 2.11. The lowest BCUT2D eigenvalue weighted by atomic mass is 10.1. The zero-order valence-electron chi connectivity index (χ0n) is 15.7. The molecule has 1 atom stereocenters. The molecule has 0 spiro atoms. The van der Waals surface area contributed by atoms with E-state index in [0.29, 0.717) is 19.5 Å². The highest BCUT2D eigenvalue weighted by molar-refractivity contribution is 5.78. The Morgan fingerprint density at radius 3 is 2.19 bits per heavy atom. The van der Waals surface area contributed by atoms with E-state index in [1.165, 1.54) is 5.56 Å². The van der Waals surface area contributed by atoms with Gasteiger partial charge in [-0.05, 0) is 30.9 Å². The quantitative estimate of drug-likeness (QED) is 0.747. The van der Waals surface area contributed by atoms with Crippen LogP contribution in [0.2, 0.25) is 0 Å². The zero-order valence-corrected chi connectivity index (χ0v) is 15.7. The molecule has 4 heteroatoms. The van der Waals surface area contributed by atoms with Crippen molar-refractivity contribution in [2.45, 2.75) is 39.2 Å². The van der Waals surface area contributed by atoms with Crippen LogP contribution in [0.4, 0.5) is 0 Å². The van der Waals surface area contributed by atoms with Gasteiger partial charge in [0.25, 0.3) is 0 Å². The molecule has 1 unspecified atom stereocenters. The van der Waals surface area contributed by atoms with E-state index in [9.17, 15) is 9.59 Å². The van der Waals surface area contributed by atoms with Crippen molar-refractivity contribution in [3.63, 3.8) is 0 Å². The lowest BCUT2D eigenvalue weighted by molar-refractivity contribution is -0.129. The van der Waals surface area contributed by atoms with Crippen molar-refractivity contribution in [2.75, 3.05) is 13.1 Å². The summed E-state index contributed by atoms with van der Waals surface area (Å²) in [6.07, 6.45) is 2.15. The van der Waals surface area contributed by atoms with Gasteiger partial charge >= 0.3 is 0 Å². The van der Waals surface area contributed by atoms with Gasteiger partial charge in [-0.1, -0.05) is 60.7 Å². The molecule has 0 bridgehead atoms. The molecule has 4 nitrogen and oxygen atoms in total. The molecule has 0 heterocycles. The monoisotopic (exact) mass is 352 g/mol. The minimum Gasteiger partial charge on any atom is -0.350 e. The summed E-state index contributed by atoms with van der Waals surface area (Å²) in [5, 5.41) is 3.00. The largest absolute Gasteiger partial charge is 0.350 e. The summed E-state index contributed by atoms with van der Waals surface area (Å²) < 4.78 is 0. The van der Waals surface area contributed by atoms with Gasteiger partial charge in [-0.15, -0.1) is 0 Å². The molecular weight excluding hydrogens is 324 g/mol. The van der Waals surface area contributed by atoms with Crippen molar-refractivity contribution in [3.05, 3.63) is 71.8 Å². The topological polar surface area (TPSA) is 49.4 Å². The average molecular weight is 352 g/mol. The van der Waals surface area contributed by atoms with Crippen LogP contribution in [0.5, 0.6) is 0 Å². The molecule has 2 aromatic carbocycles. The van der Waals surface area contributed by atoms with Gasteiger partial charge in [0.15, 0.2) is 0 Å². The number of nitrogens with zero attached hydrogens (tertiary/aromatic N) is 1. The standard InChI is InChI=1S/C22H28N2O2/c1-18(21-13-7-4-8-14-21)23-22(26)15-17-24(19(2)25)16-9-12-20-10-5-3-6-11-20/h3-8,10-11,13-14,18H,9,12,15-17H2,1-2H3,(H,23,26). The second-order valence-electron chi connectivity index (χ2n) is 6.55. The summed E-state index contributed by atoms with van der Waals surface area (Å²) in [6.45, 7) is 4.66. The predicted molar refractivity (Wildman–Crippen MR) is 105 cm³/mol. The number of hydrogen-bond acceptors (Lipinski definition) is 2. The first-order valence-corrected chi connectivity index (χ1v) is 9.20. The Hall–Kier alpha value is -2.62. The second-order valence-corrected chi connectivity index (χ2v) is 6.55. The van der Waals surface area contributed by atoms with Gasteiger partial charge in [0.1, 0.15) is 0 Å². The van der Waals surface area contributed by atoms with Gasteiger partial charge < -0.3 is 10.2 Å². The van der Waals surface area contributed by atoms with Crippen LogP contribution < -0.4 is 5.32 Å². The van der Waals surface area contributed by atoms with Crippen molar-refractivity contribution >= 4 is 11.8 Å². The number of rotatable bonds is 9. The third kappa shape index (κ3) is 6.71. The Morgan fingerprint density at radius 1 is 0.962 bits per heavy atom. The maximum absolute atomic E-state index is 12.2. The third-order valence-corrected chi connectivity index (χ3v) is 4.47. The smallest absolute Gasteiger partial charge is 0.222 e. The van der Waals surface area contributed by atoms with Crippen molar-refractivity contribution in [3.8, 4) is 0 Å². The van der Waals surface area contributed by atoms with E-state index in [4.69, 9.17) is 0 Å². The Kier molecular flexibility index (Phi) is 7.87. The number of aryl methyl sites for hydroxylation is 1. The Balaban J connectivity index is 1.74. The number of carbonyl (C=O) groups excluding carboxylic acids is 2. The minimum atomic E-state index is -0.0347. The summed E-state index contributed by atoms with van der Waals surface area (Å²) >= 11 is 0. The molecular formula is C22H28N2O2. The van der Waals surface area contributed by atoms with E-state index in [-0.39, 0.29) is 17.9 Å². The Labute approximate surface area is 156 Å². The molecule has 0 aliphatic heterocycles. The normalized spacial score (nSPS) is 11.6. The zero-order chi connectivity index (χ0) is 18.8. The molecule has 1 N–H and O–H groups in total. The lowest BCUT2D eigenvalue weighted by Crippen LogP contribution is -2.35. The van der Waals surface area contributed by atoms with Gasteiger partial charge in [-0.2, -0.15) is 0 Å². The van der Waals surface area contributed by atoms with Crippen molar-refractivity contribution in [1.29, 1.82) is 0 Å². The van der Waals surface area contributed by atoms with E-state index in [1.54, 1.807) is 11.8 Å². The van der Waals surface area contributed by atoms with Crippen LogP contribution in [-0.4, -0.2) is 29.8 Å². The van der Waals surface area contributed by atoms with E-state index in [2.05, 4.69) is 17.4 Å². The molecule has 0 saturated carbocycles. The van der Waals surface area contributed by atoms with E-state index < -0.39 is 0 Å². The van der Waals surface area contributed by atoms with Crippen LogP contribution in [0.15, 0.2) is 60.7 Å². The summed E-state index contributed by atoms with van der Waals surface area (Å²) in [7, 11) is 0. The fraction of sp³-hybridized carbons (Fsp3) is 0.364. The minimum absolute atomic E-state index is 0.0157. The first kappa shape index (κ1) is 19.7. The summed E-state index contributed by atoms with van der Waals surface area (Å²) in [5.74, 6) is -0.0161. The first-order valence-electron chi connectivity index (χ1n) is 9.20. The van der Waals surface area contributed by atoms with Gasteiger partial charge in [0.2, 0.25) is 11.8 Å². The highest BCUT2D eigenvalue weighted by atomic mass is 16.2. The maximum Gasteiger partial charge on any atom is 0.222 e. The fourth-order valence-corrected chi connectivity index (χ4v) is 2.92. The van der Waals surface area contributed by atoms with Crippen molar-refractivity contribution in [1.82, 2.24) is 10.2 Å². The van der Waals surface area contributed by atoms with Gasteiger partial charge in [0, 0.05) is 26.4 Å². The Morgan fingerprint density at radius 2 is 1.58 bits per heavy atom. The van der Waals surface area contributed by atoms with Gasteiger partial charge in [-0.25, -0.2) is 0 Å². The molecule has 0 aliphatic carbocycles. The number of amides is 2. The second kappa shape index (κ2) is 10.4. The predicted octanol–water partition coefficient (Wildman–Crippen LogP) is 3.74. The van der Waals surface area contributed by atoms with Gasteiger partial charge in [-0.3, -0.25) is 9.59 Å². The fourth-order valence-electron chi connectivity index (χ4n) is 2.92. The van der Waals surface area contributed by atoms with Crippen LogP contribution in [0.1, 0.15) is 43.9 Å².